The molecule has 1 heterocycles. The Bertz CT molecular complexity index is 584. The highest BCUT2D eigenvalue weighted by Gasteiger charge is 2.14. The van der Waals surface area contributed by atoms with Gasteiger partial charge in [0.2, 0.25) is 0 Å². The molecule has 1 aromatic carbocycles. The molecule has 0 saturated carbocycles. The summed E-state index contributed by atoms with van der Waals surface area (Å²) in [7, 11) is 0. The lowest BCUT2D eigenvalue weighted by atomic mass is 9.99. The summed E-state index contributed by atoms with van der Waals surface area (Å²) < 4.78 is 0. The highest BCUT2D eigenvalue weighted by molar-refractivity contribution is 6.42. The number of pyridine rings is 1. The Morgan fingerprint density at radius 1 is 1.10 bits per heavy atom. The fourth-order valence-corrected chi connectivity index (χ4v) is 2.46. The highest BCUT2D eigenvalue weighted by Crippen LogP contribution is 2.29. The van der Waals surface area contributed by atoms with E-state index in [-0.39, 0.29) is 6.04 Å². The Balaban J connectivity index is 2.38. The Labute approximate surface area is 130 Å². The normalized spacial score (nSPS) is 12.4. The topological polar surface area (TPSA) is 24.9 Å². The summed E-state index contributed by atoms with van der Waals surface area (Å²) in [6, 6.07) is 10.0. The Morgan fingerprint density at radius 2 is 1.85 bits per heavy atom. The molecule has 0 spiro atoms. The average Bonchev–Trinajstić information content (AvgIpc) is 2.43. The lowest BCUT2D eigenvalue weighted by Gasteiger charge is -2.20. The van der Waals surface area contributed by atoms with E-state index in [9.17, 15) is 0 Å². The molecule has 0 aliphatic carbocycles. The highest BCUT2D eigenvalue weighted by atomic mass is 35.5. The molecule has 0 saturated heterocycles. The number of nitrogens with zero attached hydrogens (tertiary/aromatic N) is 1. The second kappa shape index (κ2) is 7.07. The quantitative estimate of drug-likeness (QED) is 0.859. The van der Waals surface area contributed by atoms with Gasteiger partial charge in [-0.05, 0) is 55.3 Å². The van der Waals surface area contributed by atoms with Crippen LogP contribution in [0.25, 0.3) is 0 Å². The summed E-state index contributed by atoms with van der Waals surface area (Å²) in [6.45, 7) is 5.08. The zero-order chi connectivity index (χ0) is 14.5. The number of benzene rings is 1. The van der Waals surface area contributed by atoms with Crippen molar-refractivity contribution in [1.29, 1.82) is 0 Å². The lowest BCUT2D eigenvalue weighted by molar-refractivity contribution is 0.597. The number of halogens is 2. The van der Waals surface area contributed by atoms with Crippen LogP contribution in [-0.2, 0) is 0 Å². The van der Waals surface area contributed by atoms with E-state index in [1.807, 2.05) is 37.4 Å². The van der Waals surface area contributed by atoms with E-state index in [0.717, 1.165) is 24.2 Å². The molecule has 4 heteroatoms. The van der Waals surface area contributed by atoms with Gasteiger partial charge in [0.05, 0.1) is 16.1 Å². The summed E-state index contributed by atoms with van der Waals surface area (Å²) in [5, 5.41) is 4.71. The molecular formula is C16H18Cl2N2. The van der Waals surface area contributed by atoms with Crippen LogP contribution in [0.2, 0.25) is 10.0 Å². The number of aromatic nitrogens is 1. The largest absolute Gasteiger partial charge is 0.306 e. The van der Waals surface area contributed by atoms with Crippen molar-refractivity contribution in [2.75, 3.05) is 6.54 Å². The van der Waals surface area contributed by atoms with Gasteiger partial charge in [-0.3, -0.25) is 4.98 Å². The summed E-state index contributed by atoms with van der Waals surface area (Å²) in [4.78, 5) is 4.25. The summed E-state index contributed by atoms with van der Waals surface area (Å²) in [5.74, 6) is 0. The van der Waals surface area contributed by atoms with E-state index in [2.05, 4.69) is 23.3 Å². The van der Waals surface area contributed by atoms with Gasteiger partial charge in [0.25, 0.3) is 0 Å². The first-order valence-electron chi connectivity index (χ1n) is 6.72. The van der Waals surface area contributed by atoms with Gasteiger partial charge < -0.3 is 5.32 Å². The third-order valence-electron chi connectivity index (χ3n) is 3.13. The van der Waals surface area contributed by atoms with E-state index < -0.39 is 0 Å². The summed E-state index contributed by atoms with van der Waals surface area (Å²) in [6.07, 6.45) is 2.91. The van der Waals surface area contributed by atoms with Gasteiger partial charge >= 0.3 is 0 Å². The molecule has 0 aliphatic rings. The Kier molecular flexibility index (Phi) is 5.41. The minimum atomic E-state index is 0.103. The lowest BCUT2D eigenvalue weighted by Crippen LogP contribution is -2.23. The standard InChI is InChI=1S/C16H18Cl2N2/c1-3-7-20-16(13-6-8-19-11(2)9-13)12-4-5-14(17)15(18)10-12/h4-6,8-10,16,20H,3,7H2,1-2H3. The predicted octanol–water partition coefficient (Wildman–Crippen LogP) is 4.79. The fourth-order valence-electron chi connectivity index (χ4n) is 2.16. The van der Waals surface area contributed by atoms with E-state index in [1.165, 1.54) is 5.56 Å². The molecule has 1 N–H and O–H groups in total. The van der Waals surface area contributed by atoms with Crippen LogP contribution in [0.3, 0.4) is 0 Å². The van der Waals surface area contributed by atoms with E-state index in [1.54, 1.807) is 0 Å². The van der Waals surface area contributed by atoms with Crippen molar-refractivity contribution in [1.82, 2.24) is 10.3 Å². The van der Waals surface area contributed by atoms with Crippen molar-refractivity contribution in [3.63, 3.8) is 0 Å². The second-order valence-electron chi connectivity index (χ2n) is 4.79. The van der Waals surface area contributed by atoms with Crippen LogP contribution in [0.15, 0.2) is 36.5 Å². The molecule has 1 unspecified atom stereocenters. The number of aryl methyl sites for hydroxylation is 1. The molecule has 2 aromatic rings. The van der Waals surface area contributed by atoms with Crippen LogP contribution in [0.1, 0.15) is 36.2 Å². The Hall–Kier alpha value is -1.09. The monoisotopic (exact) mass is 308 g/mol. The molecule has 0 amide bonds. The number of nitrogens with one attached hydrogen (secondary N) is 1. The third kappa shape index (κ3) is 3.72. The van der Waals surface area contributed by atoms with Gasteiger partial charge in [-0.2, -0.15) is 0 Å². The summed E-state index contributed by atoms with van der Waals surface area (Å²) in [5.41, 5.74) is 3.30. The smallest absolute Gasteiger partial charge is 0.0595 e. The number of hydrogen-bond donors (Lipinski definition) is 1. The molecule has 0 aliphatic heterocycles. The molecule has 106 valence electrons. The van der Waals surface area contributed by atoms with E-state index >= 15 is 0 Å². The van der Waals surface area contributed by atoms with Crippen molar-refractivity contribution >= 4 is 23.2 Å². The predicted molar refractivity (Wildman–Crippen MR) is 85.6 cm³/mol. The van der Waals surface area contributed by atoms with Crippen LogP contribution in [-0.4, -0.2) is 11.5 Å². The van der Waals surface area contributed by atoms with Gasteiger partial charge in [0, 0.05) is 11.9 Å². The number of rotatable bonds is 5. The zero-order valence-electron chi connectivity index (χ0n) is 11.7. The van der Waals surface area contributed by atoms with Crippen molar-refractivity contribution in [2.45, 2.75) is 26.3 Å². The van der Waals surface area contributed by atoms with E-state index in [4.69, 9.17) is 23.2 Å². The Morgan fingerprint density at radius 3 is 2.50 bits per heavy atom. The minimum absolute atomic E-state index is 0.103. The average molecular weight is 309 g/mol. The molecule has 0 bridgehead atoms. The molecule has 0 fully saturated rings. The third-order valence-corrected chi connectivity index (χ3v) is 3.87. The van der Waals surface area contributed by atoms with Crippen LogP contribution < -0.4 is 5.32 Å². The maximum atomic E-state index is 6.14. The molecule has 1 aromatic heterocycles. The molecule has 2 rings (SSSR count). The van der Waals surface area contributed by atoms with Gasteiger partial charge in [0.15, 0.2) is 0 Å². The maximum Gasteiger partial charge on any atom is 0.0595 e. The van der Waals surface area contributed by atoms with Gasteiger partial charge in [-0.25, -0.2) is 0 Å². The first-order chi connectivity index (χ1) is 9.61. The van der Waals surface area contributed by atoms with Crippen LogP contribution in [0, 0.1) is 6.92 Å². The van der Waals surface area contributed by atoms with Gasteiger partial charge in [0.1, 0.15) is 0 Å². The zero-order valence-corrected chi connectivity index (χ0v) is 13.2. The van der Waals surface area contributed by atoms with Gasteiger partial charge in [-0.15, -0.1) is 0 Å². The first kappa shape index (κ1) is 15.3. The van der Waals surface area contributed by atoms with Gasteiger partial charge in [-0.1, -0.05) is 36.2 Å². The second-order valence-corrected chi connectivity index (χ2v) is 5.61. The number of hydrogen-bond acceptors (Lipinski definition) is 2. The molecule has 2 nitrogen and oxygen atoms in total. The van der Waals surface area contributed by atoms with E-state index in [0.29, 0.717) is 10.0 Å². The van der Waals surface area contributed by atoms with Crippen molar-refractivity contribution in [2.24, 2.45) is 0 Å². The fraction of sp³-hybridized carbons (Fsp3) is 0.312. The van der Waals surface area contributed by atoms with Crippen molar-refractivity contribution in [3.8, 4) is 0 Å². The van der Waals surface area contributed by atoms with Crippen molar-refractivity contribution in [3.05, 3.63) is 63.4 Å². The van der Waals surface area contributed by atoms with Crippen LogP contribution in [0.4, 0.5) is 0 Å². The summed E-state index contributed by atoms with van der Waals surface area (Å²) >= 11 is 12.1. The SMILES string of the molecule is CCCNC(c1ccnc(C)c1)c1ccc(Cl)c(Cl)c1. The van der Waals surface area contributed by atoms with Crippen LogP contribution >= 0.6 is 23.2 Å². The minimum Gasteiger partial charge on any atom is -0.306 e. The van der Waals surface area contributed by atoms with Crippen LogP contribution in [0.5, 0.6) is 0 Å². The first-order valence-corrected chi connectivity index (χ1v) is 7.48. The maximum absolute atomic E-state index is 6.14. The molecular weight excluding hydrogens is 291 g/mol. The van der Waals surface area contributed by atoms with Crippen molar-refractivity contribution < 1.29 is 0 Å². The molecule has 20 heavy (non-hydrogen) atoms. The molecule has 1 atom stereocenters. The molecule has 0 radical (unpaired) electrons.